The first-order chi connectivity index (χ1) is 20.9. The fraction of sp³-hybridized carbons (Fsp3) is 0.188. The summed E-state index contributed by atoms with van der Waals surface area (Å²) >= 11 is 0. The minimum absolute atomic E-state index is 0.0104. The molecule has 1 atom stereocenters. The largest absolute Gasteiger partial charge is 0.711 e. The number of amides is 2. The van der Waals surface area contributed by atoms with Crippen molar-refractivity contribution in [2.24, 2.45) is 0 Å². The van der Waals surface area contributed by atoms with Crippen molar-refractivity contribution in [1.29, 1.82) is 0 Å². The molecule has 220 valence electrons. The van der Waals surface area contributed by atoms with Crippen molar-refractivity contribution < 1.29 is 33.7 Å². The van der Waals surface area contributed by atoms with E-state index in [4.69, 9.17) is 9.47 Å². The molecule has 11 nitrogen and oxygen atoms in total. The summed E-state index contributed by atoms with van der Waals surface area (Å²) < 4.78 is 11.9. The average molecular weight is 583 g/mol. The number of carbonyl (C=O) groups is 3. The summed E-state index contributed by atoms with van der Waals surface area (Å²) in [6.07, 6.45) is -0.322. The highest BCUT2D eigenvalue weighted by atomic mass is 16.6. The van der Waals surface area contributed by atoms with Gasteiger partial charge in [0.1, 0.15) is 25.0 Å². The maximum atomic E-state index is 13.0. The van der Waals surface area contributed by atoms with Crippen LogP contribution in [0.2, 0.25) is 0 Å². The normalized spacial score (nSPS) is 13.8. The van der Waals surface area contributed by atoms with Crippen LogP contribution in [0, 0.1) is 5.21 Å². The molecule has 1 aliphatic heterocycles. The highest BCUT2D eigenvalue weighted by Gasteiger charge is 2.30. The molecule has 0 radical (unpaired) electrons. The van der Waals surface area contributed by atoms with Gasteiger partial charge in [0.15, 0.2) is 0 Å². The van der Waals surface area contributed by atoms with E-state index in [0.717, 1.165) is 16.2 Å². The predicted octanol–water partition coefficient (Wildman–Crippen LogP) is 4.87. The summed E-state index contributed by atoms with van der Waals surface area (Å²) in [6, 6.07) is 28.4. The van der Waals surface area contributed by atoms with Gasteiger partial charge in [-0.15, -0.1) is 0 Å². The highest BCUT2D eigenvalue weighted by molar-refractivity contribution is 5.93. The van der Waals surface area contributed by atoms with Crippen LogP contribution >= 0.6 is 0 Å². The Balaban J connectivity index is 1.29. The number of rotatable bonds is 10. The van der Waals surface area contributed by atoms with Gasteiger partial charge in [-0.3, -0.25) is 9.59 Å². The molecule has 43 heavy (non-hydrogen) atoms. The molecule has 0 aliphatic carbocycles. The Morgan fingerprint density at radius 1 is 1.00 bits per heavy atom. The van der Waals surface area contributed by atoms with Crippen LogP contribution in [0.1, 0.15) is 18.4 Å². The van der Waals surface area contributed by atoms with E-state index in [2.05, 4.69) is 5.32 Å². The van der Waals surface area contributed by atoms with E-state index in [0.29, 0.717) is 28.4 Å². The van der Waals surface area contributed by atoms with Gasteiger partial charge in [-0.1, -0.05) is 54.6 Å². The fourth-order valence-electron chi connectivity index (χ4n) is 4.74. The molecule has 3 aromatic carbocycles. The molecule has 0 fully saturated rings. The topological polar surface area (TPSA) is 135 Å². The van der Waals surface area contributed by atoms with Crippen LogP contribution in [0.5, 0.6) is 5.75 Å². The second-order valence-corrected chi connectivity index (χ2v) is 9.84. The smallest absolute Gasteiger partial charge is 0.507 e. The molecular weight excluding hydrogens is 552 g/mol. The summed E-state index contributed by atoms with van der Waals surface area (Å²) in [5.74, 6) is -0.813. The van der Waals surface area contributed by atoms with Crippen LogP contribution in [0.4, 0.5) is 27.7 Å². The summed E-state index contributed by atoms with van der Waals surface area (Å²) in [7, 11) is 0. The lowest BCUT2D eigenvalue weighted by Crippen LogP contribution is -2.43. The molecular formula is C32H30N4O7. The number of carboxylic acid groups (broad SMARTS) is 1. The second kappa shape index (κ2) is 13.4. The summed E-state index contributed by atoms with van der Waals surface area (Å²) in [5, 5.41) is 24.6. The number of nitrogens with one attached hydrogen (secondary N) is 1. The van der Waals surface area contributed by atoms with Gasteiger partial charge in [0, 0.05) is 17.4 Å². The number of ether oxygens (including phenoxy) is 2. The number of nitrogens with zero attached hydrogens (tertiary/aromatic N) is 3. The van der Waals surface area contributed by atoms with Gasteiger partial charge < -0.3 is 30.0 Å². The number of aliphatic carboxylic acids is 1. The lowest BCUT2D eigenvalue weighted by Gasteiger charge is -2.36. The zero-order valence-electron chi connectivity index (χ0n) is 23.2. The quantitative estimate of drug-likeness (QED) is 0.200. The maximum Gasteiger partial charge on any atom is 0.507 e. The van der Waals surface area contributed by atoms with E-state index in [1.54, 1.807) is 30.3 Å². The van der Waals surface area contributed by atoms with Gasteiger partial charge >= 0.3 is 12.1 Å². The van der Waals surface area contributed by atoms with Crippen molar-refractivity contribution in [2.45, 2.75) is 25.6 Å². The van der Waals surface area contributed by atoms with Gasteiger partial charge in [-0.2, -0.15) is 9.69 Å². The maximum absolute atomic E-state index is 13.0. The minimum Gasteiger partial charge on any atom is -0.711 e. The number of hydrogen-bond donors (Lipinski definition) is 2. The Morgan fingerprint density at radius 3 is 2.44 bits per heavy atom. The SMILES string of the molecule is O=C(O)CC1CN(c2ccccc2)c2cc(NC(=O)CCN(C(=O)OCc3ccccc3)c3cccc[n+]3[O-])ccc2O1. The lowest BCUT2D eigenvalue weighted by atomic mass is 10.1. The molecule has 2 amide bonds. The standard InChI is InChI=1S/C32H30N4O7/c37-29(16-18-34(30-13-7-8-17-36(30)41)32(40)42-22-23-9-3-1-4-10-23)33-24-14-15-28-27(19-24)35(25-11-5-2-6-12-25)21-26(43-28)20-31(38)39/h1-15,17,19,26H,16,18,20-22H2,(H,33,37)(H,38,39). The molecule has 5 rings (SSSR count). The number of benzene rings is 3. The number of carboxylic acids is 1. The molecule has 1 unspecified atom stereocenters. The van der Waals surface area contributed by atoms with Crippen molar-refractivity contribution in [3.05, 3.63) is 114 Å². The number of anilines is 4. The average Bonchev–Trinajstić information content (AvgIpc) is 3.01. The Kier molecular flexibility index (Phi) is 9.01. The van der Waals surface area contributed by atoms with Crippen LogP contribution in [-0.4, -0.2) is 42.3 Å². The second-order valence-electron chi connectivity index (χ2n) is 9.84. The zero-order valence-corrected chi connectivity index (χ0v) is 23.2. The number of aromatic nitrogens is 1. The summed E-state index contributed by atoms with van der Waals surface area (Å²) in [5.41, 5.74) is 2.80. The number of carbonyl (C=O) groups excluding carboxylic acids is 2. The number of hydrogen-bond acceptors (Lipinski definition) is 7. The van der Waals surface area contributed by atoms with Crippen molar-refractivity contribution >= 4 is 40.8 Å². The minimum atomic E-state index is -0.957. The van der Waals surface area contributed by atoms with Gasteiger partial charge in [0.2, 0.25) is 5.91 Å². The first-order valence-corrected chi connectivity index (χ1v) is 13.7. The third-order valence-electron chi connectivity index (χ3n) is 6.75. The molecule has 1 aliphatic rings. The first kappa shape index (κ1) is 28.9. The molecule has 11 heteroatoms. The Hall–Kier alpha value is -5.58. The van der Waals surface area contributed by atoms with Crippen molar-refractivity contribution in [3.63, 3.8) is 0 Å². The molecule has 0 saturated heterocycles. The number of pyridine rings is 1. The van der Waals surface area contributed by atoms with Gasteiger partial charge in [0.05, 0.1) is 31.3 Å². The molecule has 2 N–H and O–H groups in total. The van der Waals surface area contributed by atoms with E-state index in [9.17, 15) is 24.7 Å². The molecule has 2 heterocycles. The van der Waals surface area contributed by atoms with Gasteiger partial charge in [-0.25, -0.2) is 4.73 Å². The van der Waals surface area contributed by atoms with E-state index in [-0.39, 0.29) is 37.7 Å². The van der Waals surface area contributed by atoms with Crippen molar-refractivity contribution in [2.75, 3.05) is 28.2 Å². The van der Waals surface area contributed by atoms with Crippen molar-refractivity contribution in [3.8, 4) is 5.75 Å². The van der Waals surface area contributed by atoms with Crippen LogP contribution in [0.25, 0.3) is 0 Å². The fourth-order valence-corrected chi connectivity index (χ4v) is 4.74. The lowest BCUT2D eigenvalue weighted by molar-refractivity contribution is -0.591. The Labute approximate surface area is 248 Å². The third kappa shape index (κ3) is 7.39. The van der Waals surface area contributed by atoms with Crippen molar-refractivity contribution in [1.82, 2.24) is 0 Å². The van der Waals surface area contributed by atoms with Gasteiger partial charge in [0.25, 0.3) is 5.82 Å². The van der Waals surface area contributed by atoms with Gasteiger partial charge in [-0.05, 0) is 42.0 Å². The Morgan fingerprint density at radius 2 is 1.72 bits per heavy atom. The Bertz CT molecular complexity index is 1580. The third-order valence-corrected chi connectivity index (χ3v) is 6.75. The van der Waals surface area contributed by atoms with Crippen LogP contribution in [0.3, 0.4) is 0 Å². The molecule has 0 bridgehead atoms. The highest BCUT2D eigenvalue weighted by Crippen LogP contribution is 2.40. The van der Waals surface area contributed by atoms with Crippen LogP contribution in [0.15, 0.2) is 103 Å². The molecule has 4 aromatic rings. The summed E-state index contributed by atoms with van der Waals surface area (Å²) in [6.45, 7) is 0.219. The molecule has 0 spiro atoms. The molecule has 0 saturated carbocycles. The van der Waals surface area contributed by atoms with E-state index in [1.165, 1.54) is 12.3 Å². The van der Waals surface area contributed by atoms with E-state index < -0.39 is 18.2 Å². The predicted molar refractivity (Wildman–Crippen MR) is 159 cm³/mol. The monoisotopic (exact) mass is 582 g/mol. The number of fused-ring (bicyclic) bond motifs is 1. The molecule has 1 aromatic heterocycles. The first-order valence-electron chi connectivity index (χ1n) is 13.7. The number of para-hydroxylation sites is 1. The van der Waals surface area contributed by atoms with Crippen LogP contribution in [-0.2, 0) is 20.9 Å². The zero-order chi connectivity index (χ0) is 30.2. The van der Waals surface area contributed by atoms with E-state index >= 15 is 0 Å². The van der Waals surface area contributed by atoms with E-state index in [1.807, 2.05) is 65.6 Å². The van der Waals surface area contributed by atoms with Crippen LogP contribution < -0.4 is 24.6 Å². The summed E-state index contributed by atoms with van der Waals surface area (Å²) in [4.78, 5) is 40.5.